The predicted molar refractivity (Wildman–Crippen MR) is 105 cm³/mol. The Bertz CT molecular complexity index is 1070. The van der Waals surface area contributed by atoms with Gasteiger partial charge in [-0.05, 0) is 35.9 Å². The quantitative estimate of drug-likeness (QED) is 0.528. The van der Waals surface area contributed by atoms with Crippen molar-refractivity contribution >= 4 is 21.4 Å². The van der Waals surface area contributed by atoms with E-state index in [0.717, 1.165) is 32.7 Å². The maximum Gasteiger partial charge on any atom is 0.214 e. The van der Waals surface area contributed by atoms with Crippen LogP contribution in [-0.2, 0) is 6.54 Å². The summed E-state index contributed by atoms with van der Waals surface area (Å²) in [4.78, 5) is 5.22. The Morgan fingerprint density at radius 3 is 2.67 bits per heavy atom. The second kappa shape index (κ2) is 7.16. The molecule has 0 atom stereocenters. The number of ether oxygens (including phenoxy) is 2. The van der Waals surface area contributed by atoms with Gasteiger partial charge in [-0.2, -0.15) is 0 Å². The molecule has 2 aromatic heterocycles. The second-order valence-corrected chi connectivity index (χ2v) is 6.79. The summed E-state index contributed by atoms with van der Waals surface area (Å²) in [5, 5.41) is 18.5. The van der Waals surface area contributed by atoms with Gasteiger partial charge in [-0.25, -0.2) is 9.50 Å². The van der Waals surface area contributed by atoms with Crippen LogP contribution in [0.4, 0.5) is 5.13 Å². The molecule has 4 aromatic rings. The van der Waals surface area contributed by atoms with Crippen LogP contribution < -0.4 is 14.8 Å². The van der Waals surface area contributed by atoms with E-state index in [9.17, 15) is 5.11 Å². The lowest BCUT2D eigenvalue weighted by Crippen LogP contribution is -2.00. The molecular formula is C19H18N4O3S. The van der Waals surface area contributed by atoms with Gasteiger partial charge in [-0.15, -0.1) is 5.10 Å². The molecule has 0 aliphatic heterocycles. The Kier molecular flexibility index (Phi) is 4.55. The Morgan fingerprint density at radius 1 is 1.11 bits per heavy atom. The van der Waals surface area contributed by atoms with Gasteiger partial charge in [-0.1, -0.05) is 23.5 Å². The molecule has 2 aromatic carbocycles. The molecule has 0 fully saturated rings. The number of fused-ring (bicyclic) bond motifs is 1. The number of nitrogens with zero attached hydrogens (tertiary/aromatic N) is 3. The fourth-order valence-corrected chi connectivity index (χ4v) is 3.49. The van der Waals surface area contributed by atoms with Crippen molar-refractivity contribution in [3.05, 3.63) is 54.2 Å². The van der Waals surface area contributed by atoms with Crippen LogP contribution in [0.15, 0.2) is 48.7 Å². The first-order chi connectivity index (χ1) is 13.2. The van der Waals surface area contributed by atoms with E-state index < -0.39 is 0 Å². The predicted octanol–water partition coefficient (Wildman–Crippen LogP) is 3.79. The van der Waals surface area contributed by atoms with Crippen LogP contribution in [0.2, 0.25) is 0 Å². The SMILES string of the molecule is COc1ccc(CNc2nn3c(-c4ccc(O)c(OC)c4)cnc3s2)cc1. The van der Waals surface area contributed by atoms with Crippen LogP contribution in [0.3, 0.4) is 0 Å². The van der Waals surface area contributed by atoms with Gasteiger partial charge in [0.25, 0.3) is 0 Å². The molecule has 0 radical (unpaired) electrons. The van der Waals surface area contributed by atoms with Gasteiger partial charge in [-0.3, -0.25) is 0 Å². The van der Waals surface area contributed by atoms with Crippen LogP contribution in [-0.4, -0.2) is 33.9 Å². The molecule has 0 saturated heterocycles. The number of aromatic hydroxyl groups is 1. The monoisotopic (exact) mass is 382 g/mol. The molecule has 4 rings (SSSR count). The fourth-order valence-electron chi connectivity index (χ4n) is 2.72. The van der Waals surface area contributed by atoms with Gasteiger partial charge in [0.15, 0.2) is 11.5 Å². The van der Waals surface area contributed by atoms with Gasteiger partial charge in [0, 0.05) is 12.1 Å². The first kappa shape index (κ1) is 17.2. The molecule has 2 N–H and O–H groups in total. The summed E-state index contributed by atoms with van der Waals surface area (Å²) in [7, 11) is 3.18. The smallest absolute Gasteiger partial charge is 0.214 e. The minimum atomic E-state index is 0.0992. The van der Waals surface area contributed by atoms with Crippen LogP contribution in [0.5, 0.6) is 17.2 Å². The van der Waals surface area contributed by atoms with Crippen LogP contribution in [0.25, 0.3) is 16.2 Å². The first-order valence-electron chi connectivity index (χ1n) is 8.26. The molecule has 0 unspecified atom stereocenters. The van der Waals surface area contributed by atoms with Crippen molar-refractivity contribution in [1.29, 1.82) is 0 Å². The summed E-state index contributed by atoms with van der Waals surface area (Å²) in [6.45, 7) is 0.656. The molecule has 0 spiro atoms. The molecule has 27 heavy (non-hydrogen) atoms. The molecule has 0 aliphatic carbocycles. The highest BCUT2D eigenvalue weighted by molar-refractivity contribution is 7.20. The third kappa shape index (κ3) is 3.39. The molecule has 0 bridgehead atoms. The zero-order valence-electron chi connectivity index (χ0n) is 14.8. The molecule has 2 heterocycles. The Balaban J connectivity index is 1.56. The summed E-state index contributed by atoms with van der Waals surface area (Å²) >= 11 is 1.48. The van der Waals surface area contributed by atoms with E-state index in [1.54, 1.807) is 30.0 Å². The second-order valence-electron chi connectivity index (χ2n) is 5.83. The number of aromatic nitrogens is 3. The van der Waals surface area contributed by atoms with Crippen LogP contribution in [0, 0.1) is 0 Å². The lowest BCUT2D eigenvalue weighted by molar-refractivity contribution is 0.373. The van der Waals surface area contributed by atoms with Gasteiger partial charge in [0.2, 0.25) is 10.1 Å². The van der Waals surface area contributed by atoms with Crippen molar-refractivity contribution in [3.63, 3.8) is 0 Å². The number of imidazole rings is 1. The summed E-state index contributed by atoms with van der Waals surface area (Å²) in [6.07, 6.45) is 1.76. The molecular weight excluding hydrogens is 364 g/mol. The number of benzene rings is 2. The standard InChI is InChI=1S/C19H18N4O3S/c1-25-14-6-3-12(4-7-14)10-20-18-22-23-15(11-21-19(23)27-18)13-5-8-16(24)17(9-13)26-2/h3-9,11,24H,10H2,1-2H3,(H,20,22). The summed E-state index contributed by atoms with van der Waals surface area (Å²) in [5.74, 6) is 1.35. The van der Waals surface area contributed by atoms with Crippen molar-refractivity contribution in [2.24, 2.45) is 0 Å². The maximum atomic E-state index is 9.78. The Labute approximate surface area is 159 Å². The molecule has 7 nitrogen and oxygen atoms in total. The van der Waals surface area contributed by atoms with Crippen LogP contribution >= 0.6 is 11.3 Å². The zero-order valence-corrected chi connectivity index (χ0v) is 15.7. The van der Waals surface area contributed by atoms with E-state index in [2.05, 4.69) is 15.4 Å². The van der Waals surface area contributed by atoms with E-state index in [1.807, 2.05) is 30.3 Å². The van der Waals surface area contributed by atoms with Crippen molar-refractivity contribution in [2.75, 3.05) is 19.5 Å². The van der Waals surface area contributed by atoms with Crippen molar-refractivity contribution < 1.29 is 14.6 Å². The summed E-state index contributed by atoms with van der Waals surface area (Å²) < 4.78 is 12.1. The third-order valence-corrected chi connectivity index (χ3v) is 5.04. The highest BCUT2D eigenvalue weighted by Gasteiger charge is 2.13. The number of anilines is 1. The lowest BCUT2D eigenvalue weighted by atomic mass is 10.1. The zero-order chi connectivity index (χ0) is 18.8. The minimum Gasteiger partial charge on any atom is -0.504 e. The lowest BCUT2D eigenvalue weighted by Gasteiger charge is -2.06. The maximum absolute atomic E-state index is 9.78. The van der Waals surface area contributed by atoms with E-state index in [1.165, 1.54) is 18.4 Å². The van der Waals surface area contributed by atoms with E-state index >= 15 is 0 Å². The summed E-state index contributed by atoms with van der Waals surface area (Å²) in [6, 6.07) is 13.1. The number of nitrogens with one attached hydrogen (secondary N) is 1. The van der Waals surface area contributed by atoms with Gasteiger partial charge in [0.1, 0.15) is 5.75 Å². The fraction of sp³-hybridized carbons (Fsp3) is 0.158. The first-order valence-corrected chi connectivity index (χ1v) is 9.08. The van der Waals surface area contributed by atoms with Crippen LogP contribution in [0.1, 0.15) is 5.56 Å². The van der Waals surface area contributed by atoms with Crippen molar-refractivity contribution in [3.8, 4) is 28.5 Å². The average molecular weight is 382 g/mol. The number of phenols is 1. The number of rotatable bonds is 6. The van der Waals surface area contributed by atoms with Crippen molar-refractivity contribution in [2.45, 2.75) is 6.54 Å². The molecule has 0 aliphatic rings. The Hall–Kier alpha value is -3.26. The molecule has 8 heteroatoms. The minimum absolute atomic E-state index is 0.0992. The number of hydrogen-bond acceptors (Lipinski definition) is 7. The summed E-state index contributed by atoms with van der Waals surface area (Å²) in [5.41, 5.74) is 2.83. The number of hydrogen-bond donors (Lipinski definition) is 2. The average Bonchev–Trinajstić information content (AvgIpc) is 3.27. The topological polar surface area (TPSA) is 80.9 Å². The van der Waals surface area contributed by atoms with E-state index in [-0.39, 0.29) is 5.75 Å². The normalized spacial score (nSPS) is 10.9. The third-order valence-electron chi connectivity index (χ3n) is 4.16. The van der Waals surface area contributed by atoms with Crippen molar-refractivity contribution in [1.82, 2.24) is 14.6 Å². The molecule has 0 amide bonds. The Morgan fingerprint density at radius 2 is 1.93 bits per heavy atom. The van der Waals surface area contributed by atoms with E-state index in [0.29, 0.717) is 12.3 Å². The van der Waals surface area contributed by atoms with E-state index in [4.69, 9.17) is 9.47 Å². The molecule has 0 saturated carbocycles. The highest BCUT2D eigenvalue weighted by Crippen LogP contribution is 2.33. The van der Waals surface area contributed by atoms with Gasteiger partial charge < -0.3 is 19.9 Å². The molecule has 138 valence electrons. The number of phenolic OH excluding ortho intramolecular Hbond substituents is 1. The highest BCUT2D eigenvalue weighted by atomic mass is 32.1. The van der Waals surface area contributed by atoms with Gasteiger partial charge in [0.05, 0.1) is 26.1 Å². The van der Waals surface area contributed by atoms with Gasteiger partial charge >= 0.3 is 0 Å². The largest absolute Gasteiger partial charge is 0.504 e. The number of methoxy groups -OCH3 is 2.